The molecule has 8 heteroatoms. The molecule has 1 aliphatic carbocycles. The number of methoxy groups -OCH3 is 2. The Labute approximate surface area is 176 Å². The van der Waals surface area contributed by atoms with Crippen LogP contribution in [0, 0.1) is 5.92 Å². The molecule has 3 rings (SSSR count). The molecule has 2 amide bonds. The summed E-state index contributed by atoms with van der Waals surface area (Å²) < 4.78 is 10.8. The van der Waals surface area contributed by atoms with Crippen molar-refractivity contribution < 1.29 is 19.1 Å². The zero-order chi connectivity index (χ0) is 20.1. The van der Waals surface area contributed by atoms with E-state index in [1.54, 1.807) is 36.4 Å². The fourth-order valence-electron chi connectivity index (χ4n) is 3.37. The van der Waals surface area contributed by atoms with Gasteiger partial charge in [0.1, 0.15) is 11.5 Å². The van der Waals surface area contributed by atoms with Crippen LogP contribution in [-0.2, 0) is 4.79 Å². The average Bonchev–Trinajstić information content (AvgIpc) is 3.15. The Morgan fingerprint density at radius 2 is 1.55 bits per heavy atom. The molecular weight excluding hydrogens is 394 g/mol. The minimum absolute atomic E-state index is 0. The maximum Gasteiger partial charge on any atom is 0.255 e. The summed E-state index contributed by atoms with van der Waals surface area (Å²) in [7, 11) is 3.01. The molecule has 0 heterocycles. The predicted octanol–water partition coefficient (Wildman–Crippen LogP) is 3.44. The van der Waals surface area contributed by atoms with Crippen LogP contribution in [0.1, 0.15) is 29.6 Å². The van der Waals surface area contributed by atoms with Crippen LogP contribution in [0.3, 0.4) is 0 Å². The molecule has 0 aliphatic heterocycles. The molecule has 29 heavy (non-hydrogen) atoms. The lowest BCUT2D eigenvalue weighted by molar-refractivity contribution is -0.119. The number of hydrogen-bond acceptors (Lipinski definition) is 5. The normalized spacial score (nSPS) is 17.8. The number of rotatable bonds is 6. The smallest absolute Gasteiger partial charge is 0.255 e. The van der Waals surface area contributed by atoms with Gasteiger partial charge in [-0.05, 0) is 31.4 Å². The molecule has 2 aromatic rings. The highest BCUT2D eigenvalue weighted by Crippen LogP contribution is 2.37. The van der Waals surface area contributed by atoms with E-state index < -0.39 is 0 Å². The summed E-state index contributed by atoms with van der Waals surface area (Å²) in [4.78, 5) is 25.0. The van der Waals surface area contributed by atoms with Crippen molar-refractivity contribution in [2.75, 3.05) is 24.9 Å². The minimum Gasteiger partial charge on any atom is -0.494 e. The van der Waals surface area contributed by atoms with E-state index in [1.165, 1.54) is 14.2 Å². The molecule has 0 saturated heterocycles. The molecule has 1 aliphatic rings. The average molecular weight is 420 g/mol. The number of carbonyl (C=O) groups excluding carboxylic acids is 2. The van der Waals surface area contributed by atoms with E-state index in [9.17, 15) is 9.59 Å². The summed E-state index contributed by atoms with van der Waals surface area (Å²) in [6, 6.07) is 12.2. The molecule has 0 radical (unpaired) electrons. The van der Waals surface area contributed by atoms with Crippen LogP contribution >= 0.6 is 12.4 Å². The monoisotopic (exact) mass is 419 g/mol. The van der Waals surface area contributed by atoms with Gasteiger partial charge in [0.2, 0.25) is 5.91 Å². The standard InChI is InChI=1S/C21H25N3O4.ClH/c1-27-18-12-17(24-21(26)14-8-9-15(22)10-14)19(28-2)11-16(18)23-20(25)13-6-4-3-5-7-13;/h3-7,11-12,14-15H,8-10,22H2,1-2H3,(H,23,25)(H,24,26);1H. The van der Waals surface area contributed by atoms with Gasteiger partial charge < -0.3 is 25.8 Å². The Morgan fingerprint density at radius 1 is 0.966 bits per heavy atom. The fourth-order valence-corrected chi connectivity index (χ4v) is 3.37. The van der Waals surface area contributed by atoms with Crippen molar-refractivity contribution >= 4 is 35.6 Å². The van der Waals surface area contributed by atoms with Gasteiger partial charge in [0.25, 0.3) is 5.91 Å². The number of hydrogen-bond donors (Lipinski definition) is 3. The van der Waals surface area contributed by atoms with Crippen LogP contribution < -0.4 is 25.8 Å². The second-order valence-electron chi connectivity index (χ2n) is 6.83. The van der Waals surface area contributed by atoms with E-state index in [0.717, 1.165) is 12.8 Å². The topological polar surface area (TPSA) is 103 Å². The summed E-state index contributed by atoms with van der Waals surface area (Å²) in [5.74, 6) is 0.388. The van der Waals surface area contributed by atoms with E-state index in [-0.39, 0.29) is 36.2 Å². The molecule has 156 valence electrons. The van der Waals surface area contributed by atoms with Crippen LogP contribution in [0.4, 0.5) is 11.4 Å². The van der Waals surface area contributed by atoms with E-state index in [4.69, 9.17) is 15.2 Å². The molecule has 2 unspecified atom stereocenters. The van der Waals surface area contributed by atoms with Crippen LogP contribution in [0.15, 0.2) is 42.5 Å². The first kappa shape index (κ1) is 22.5. The zero-order valence-corrected chi connectivity index (χ0v) is 17.3. The van der Waals surface area contributed by atoms with E-state index in [2.05, 4.69) is 10.6 Å². The molecule has 2 aromatic carbocycles. The molecule has 0 spiro atoms. The maximum atomic E-state index is 12.5. The summed E-state index contributed by atoms with van der Waals surface area (Å²) in [6.45, 7) is 0. The number of anilines is 2. The molecular formula is C21H26ClN3O4. The molecule has 7 nitrogen and oxygen atoms in total. The van der Waals surface area contributed by atoms with Gasteiger partial charge in [-0.1, -0.05) is 18.2 Å². The van der Waals surface area contributed by atoms with Gasteiger partial charge in [0, 0.05) is 29.7 Å². The first-order chi connectivity index (χ1) is 13.5. The molecule has 4 N–H and O–H groups in total. The second-order valence-corrected chi connectivity index (χ2v) is 6.83. The third-order valence-corrected chi connectivity index (χ3v) is 4.91. The Bertz CT molecular complexity index is 861. The Balaban J connectivity index is 0.00000300. The van der Waals surface area contributed by atoms with Gasteiger partial charge in [-0.25, -0.2) is 0 Å². The number of ether oxygens (including phenoxy) is 2. The van der Waals surface area contributed by atoms with E-state index in [1.807, 2.05) is 6.07 Å². The zero-order valence-electron chi connectivity index (χ0n) is 16.4. The lowest BCUT2D eigenvalue weighted by atomic mass is 10.1. The third-order valence-electron chi connectivity index (χ3n) is 4.91. The minimum atomic E-state index is -0.266. The quantitative estimate of drug-likeness (QED) is 0.665. The highest BCUT2D eigenvalue weighted by molar-refractivity contribution is 6.05. The third kappa shape index (κ3) is 5.40. The molecule has 1 saturated carbocycles. The largest absolute Gasteiger partial charge is 0.494 e. The summed E-state index contributed by atoms with van der Waals surface area (Å²) >= 11 is 0. The number of nitrogens with one attached hydrogen (secondary N) is 2. The number of halogens is 1. The highest BCUT2D eigenvalue weighted by Gasteiger charge is 2.28. The van der Waals surface area contributed by atoms with Crippen molar-refractivity contribution in [1.29, 1.82) is 0 Å². The van der Waals surface area contributed by atoms with Gasteiger partial charge in [0.15, 0.2) is 0 Å². The van der Waals surface area contributed by atoms with Crippen molar-refractivity contribution in [3.05, 3.63) is 48.0 Å². The van der Waals surface area contributed by atoms with Crippen molar-refractivity contribution in [2.24, 2.45) is 11.7 Å². The van der Waals surface area contributed by atoms with Crippen LogP contribution in [0.2, 0.25) is 0 Å². The Morgan fingerprint density at radius 3 is 2.07 bits per heavy atom. The first-order valence-corrected chi connectivity index (χ1v) is 9.20. The SMILES string of the molecule is COc1cc(NC(=O)C2CCC(N)C2)c(OC)cc1NC(=O)c1ccccc1.Cl. The van der Waals surface area contributed by atoms with Crippen LogP contribution in [0.25, 0.3) is 0 Å². The van der Waals surface area contributed by atoms with E-state index in [0.29, 0.717) is 34.9 Å². The fraction of sp³-hybridized carbons (Fsp3) is 0.333. The summed E-state index contributed by atoms with van der Waals surface area (Å²) in [5.41, 5.74) is 7.37. The number of carbonyl (C=O) groups is 2. The van der Waals surface area contributed by atoms with Crippen molar-refractivity contribution in [3.8, 4) is 11.5 Å². The lowest BCUT2D eigenvalue weighted by Crippen LogP contribution is -2.23. The van der Waals surface area contributed by atoms with Gasteiger partial charge in [0.05, 0.1) is 25.6 Å². The number of benzene rings is 2. The molecule has 0 bridgehead atoms. The Hall–Kier alpha value is -2.77. The van der Waals surface area contributed by atoms with Crippen molar-refractivity contribution in [3.63, 3.8) is 0 Å². The van der Waals surface area contributed by atoms with Gasteiger partial charge in [-0.15, -0.1) is 12.4 Å². The Kier molecular flexibility index (Phi) is 7.87. The lowest BCUT2D eigenvalue weighted by Gasteiger charge is -2.17. The number of amides is 2. The predicted molar refractivity (Wildman–Crippen MR) is 115 cm³/mol. The van der Waals surface area contributed by atoms with Crippen molar-refractivity contribution in [1.82, 2.24) is 0 Å². The molecule has 2 atom stereocenters. The van der Waals surface area contributed by atoms with Crippen LogP contribution in [-0.4, -0.2) is 32.1 Å². The highest BCUT2D eigenvalue weighted by atomic mass is 35.5. The van der Waals surface area contributed by atoms with Crippen molar-refractivity contribution in [2.45, 2.75) is 25.3 Å². The summed E-state index contributed by atoms with van der Waals surface area (Å²) in [5, 5.41) is 5.72. The molecule has 0 aromatic heterocycles. The van der Waals surface area contributed by atoms with Gasteiger partial charge in [-0.2, -0.15) is 0 Å². The van der Waals surface area contributed by atoms with Crippen LogP contribution in [0.5, 0.6) is 11.5 Å². The summed E-state index contributed by atoms with van der Waals surface area (Å²) in [6.07, 6.45) is 2.30. The molecule has 1 fully saturated rings. The maximum absolute atomic E-state index is 12.5. The first-order valence-electron chi connectivity index (χ1n) is 9.20. The van der Waals surface area contributed by atoms with Gasteiger partial charge >= 0.3 is 0 Å². The second kappa shape index (κ2) is 10.1. The van der Waals surface area contributed by atoms with E-state index >= 15 is 0 Å². The van der Waals surface area contributed by atoms with Gasteiger partial charge in [-0.3, -0.25) is 9.59 Å². The number of nitrogens with two attached hydrogens (primary N) is 1.